The summed E-state index contributed by atoms with van der Waals surface area (Å²) in [5.41, 5.74) is 2.68. The highest BCUT2D eigenvalue weighted by Crippen LogP contribution is 2.44. The average molecular weight is 558 g/mol. The number of carbonyl (C=O) groups excluding carboxylic acids is 1. The minimum atomic E-state index is -0.842. The third-order valence-electron chi connectivity index (χ3n) is 9.71. The van der Waals surface area contributed by atoms with Crippen molar-refractivity contribution in [2.45, 2.75) is 108 Å². The number of esters is 1. The fourth-order valence-corrected chi connectivity index (χ4v) is 7.73. The molecule has 3 aliphatic rings. The van der Waals surface area contributed by atoms with Gasteiger partial charge in [-0.15, -0.1) is 0 Å². The van der Waals surface area contributed by atoms with Gasteiger partial charge in [-0.05, 0) is 56.2 Å². The zero-order valence-electron chi connectivity index (χ0n) is 24.0. The Bertz CT molecular complexity index is 1370. The Hall–Kier alpha value is -3.03. The first-order chi connectivity index (χ1) is 20.1. The van der Waals surface area contributed by atoms with Crippen molar-refractivity contribution in [3.8, 4) is 0 Å². The zero-order chi connectivity index (χ0) is 28.2. The zero-order valence-corrected chi connectivity index (χ0v) is 24.0. The summed E-state index contributed by atoms with van der Waals surface area (Å²) in [6.45, 7) is -0.264. The minimum absolute atomic E-state index is 0.0571. The molecular weight excluding hydrogens is 514 g/mol. The lowest BCUT2D eigenvalue weighted by Crippen LogP contribution is -2.50. The average Bonchev–Trinajstić information content (AvgIpc) is 3.23. The molecule has 0 spiro atoms. The number of ether oxygens (including phenoxy) is 1. The molecule has 2 saturated heterocycles. The molecule has 7 nitrogen and oxygen atoms in total. The molecule has 1 saturated carbocycles. The smallest absolute Gasteiger partial charge is 0.312 e. The van der Waals surface area contributed by atoms with Crippen LogP contribution in [0.5, 0.6) is 0 Å². The summed E-state index contributed by atoms with van der Waals surface area (Å²) >= 11 is 0. The molecule has 3 heterocycles. The van der Waals surface area contributed by atoms with Crippen LogP contribution in [0.3, 0.4) is 0 Å². The predicted octanol–water partition coefficient (Wildman–Crippen LogP) is 5.57. The van der Waals surface area contributed by atoms with Gasteiger partial charge in [0.05, 0.1) is 23.6 Å². The van der Waals surface area contributed by atoms with Crippen LogP contribution in [0.2, 0.25) is 0 Å². The Morgan fingerprint density at radius 2 is 1.51 bits per heavy atom. The van der Waals surface area contributed by atoms with Crippen LogP contribution in [0.1, 0.15) is 87.9 Å². The Balaban J connectivity index is 1.24. The van der Waals surface area contributed by atoms with Gasteiger partial charge < -0.3 is 14.4 Å². The van der Waals surface area contributed by atoms with Crippen molar-refractivity contribution in [1.29, 1.82) is 0 Å². The number of hydrogen-bond donors (Lipinski definition) is 1. The van der Waals surface area contributed by atoms with Gasteiger partial charge in [0.2, 0.25) is 0 Å². The molecule has 1 aromatic heterocycles. The number of rotatable bonds is 8. The van der Waals surface area contributed by atoms with Gasteiger partial charge in [0.25, 0.3) is 5.56 Å². The third-order valence-corrected chi connectivity index (χ3v) is 9.71. The van der Waals surface area contributed by atoms with E-state index < -0.39 is 18.5 Å². The van der Waals surface area contributed by atoms with E-state index in [4.69, 9.17) is 9.72 Å². The highest BCUT2D eigenvalue weighted by molar-refractivity contribution is 5.75. The summed E-state index contributed by atoms with van der Waals surface area (Å²) in [6.07, 6.45) is 13.8. The van der Waals surface area contributed by atoms with Crippen molar-refractivity contribution in [2.75, 3.05) is 6.61 Å². The number of para-hydroxylation sites is 2. The van der Waals surface area contributed by atoms with Gasteiger partial charge in [-0.2, -0.15) is 0 Å². The lowest BCUT2D eigenvalue weighted by molar-refractivity contribution is -0.151. The number of piperidine rings is 1. The van der Waals surface area contributed by atoms with E-state index in [0.717, 1.165) is 29.4 Å². The summed E-state index contributed by atoms with van der Waals surface area (Å²) in [7, 11) is 0. The topological polar surface area (TPSA) is 84.7 Å². The van der Waals surface area contributed by atoms with E-state index >= 15 is 0 Å². The van der Waals surface area contributed by atoms with Crippen molar-refractivity contribution in [2.24, 2.45) is 5.92 Å². The number of aromatic nitrogens is 2. The van der Waals surface area contributed by atoms with Crippen LogP contribution in [0.25, 0.3) is 11.0 Å². The maximum Gasteiger partial charge on any atom is 0.312 e. The van der Waals surface area contributed by atoms with Crippen molar-refractivity contribution in [3.05, 3.63) is 76.2 Å². The quantitative estimate of drug-likeness (QED) is 0.365. The molecular formula is C34H43N3O4. The van der Waals surface area contributed by atoms with Crippen molar-refractivity contribution in [3.63, 3.8) is 0 Å². The van der Waals surface area contributed by atoms with Gasteiger partial charge in [-0.3, -0.25) is 14.5 Å². The summed E-state index contributed by atoms with van der Waals surface area (Å²) in [6, 6.07) is 19.1. The first kappa shape index (κ1) is 28.1. The van der Waals surface area contributed by atoms with E-state index in [1.807, 2.05) is 59.2 Å². The molecule has 0 amide bonds. The largest absolute Gasteiger partial charge is 0.461 e. The van der Waals surface area contributed by atoms with Gasteiger partial charge in [0, 0.05) is 30.6 Å². The number of aliphatic hydroxyl groups excluding tert-OH is 1. The highest BCUT2D eigenvalue weighted by Gasteiger charge is 2.44. The van der Waals surface area contributed by atoms with E-state index in [1.165, 1.54) is 57.8 Å². The third kappa shape index (κ3) is 6.12. The van der Waals surface area contributed by atoms with E-state index in [2.05, 4.69) is 4.90 Å². The molecule has 218 valence electrons. The Morgan fingerprint density at radius 3 is 2.22 bits per heavy atom. The van der Waals surface area contributed by atoms with Crippen LogP contribution in [0.4, 0.5) is 0 Å². The fraction of sp³-hybridized carbons (Fsp3) is 0.559. The van der Waals surface area contributed by atoms with Crippen LogP contribution in [0.15, 0.2) is 59.4 Å². The van der Waals surface area contributed by atoms with Crippen LogP contribution in [-0.2, 0) is 22.6 Å². The number of nitrogens with zero attached hydrogens (tertiary/aromatic N) is 3. The second-order valence-electron chi connectivity index (χ2n) is 12.4. The van der Waals surface area contributed by atoms with Gasteiger partial charge in [-0.1, -0.05) is 74.6 Å². The van der Waals surface area contributed by atoms with Crippen LogP contribution in [-0.4, -0.2) is 50.3 Å². The molecule has 1 unspecified atom stereocenters. The van der Waals surface area contributed by atoms with Gasteiger partial charge in [0.1, 0.15) is 12.3 Å². The predicted molar refractivity (Wildman–Crippen MR) is 160 cm³/mol. The number of fused-ring (bicyclic) bond motifs is 3. The second kappa shape index (κ2) is 12.9. The summed E-state index contributed by atoms with van der Waals surface area (Å²) < 4.78 is 7.48. The van der Waals surface area contributed by atoms with E-state index in [1.54, 1.807) is 0 Å². The number of hydrogen-bond acceptors (Lipinski definition) is 6. The van der Waals surface area contributed by atoms with E-state index in [0.29, 0.717) is 23.8 Å². The molecule has 41 heavy (non-hydrogen) atoms. The molecule has 1 N–H and O–H groups in total. The number of benzene rings is 2. The second-order valence-corrected chi connectivity index (χ2v) is 12.4. The molecule has 7 heteroatoms. The molecule has 4 atom stereocenters. The van der Waals surface area contributed by atoms with Gasteiger partial charge in [0.15, 0.2) is 0 Å². The molecule has 3 fully saturated rings. The van der Waals surface area contributed by atoms with Crippen molar-refractivity contribution >= 4 is 17.0 Å². The first-order valence-electron chi connectivity index (χ1n) is 15.7. The standard InChI is InChI=1S/C34H43N3O4/c38-22-25(34(40)41-23-24-11-5-4-6-12-24)19-31-33(39)37(32-16-10-9-15-30(32)35-31)29-20-27-17-18-28(21-29)36(27)26-13-7-2-1-3-8-14-26/h4-6,9-12,15-16,25-29,38H,1-3,7-8,13-14,17-23H2/t25-,27-,28+,29?/m1/s1. The summed E-state index contributed by atoms with van der Waals surface area (Å²) in [5.74, 6) is -1.35. The van der Waals surface area contributed by atoms with Gasteiger partial charge in [-0.25, -0.2) is 4.98 Å². The van der Waals surface area contributed by atoms with Crippen molar-refractivity contribution in [1.82, 2.24) is 14.5 Å². The molecule has 2 aromatic carbocycles. The number of aliphatic hydroxyl groups is 1. The van der Waals surface area contributed by atoms with E-state index in [-0.39, 0.29) is 24.6 Å². The molecule has 1 aliphatic carbocycles. The highest BCUT2D eigenvalue weighted by atomic mass is 16.5. The summed E-state index contributed by atoms with van der Waals surface area (Å²) in [5, 5.41) is 10.1. The molecule has 2 aliphatic heterocycles. The van der Waals surface area contributed by atoms with Crippen molar-refractivity contribution < 1.29 is 14.6 Å². The summed E-state index contributed by atoms with van der Waals surface area (Å²) in [4.78, 5) is 34.6. The monoisotopic (exact) mass is 557 g/mol. The SMILES string of the molecule is O=C(OCc1ccccc1)[C@@H](CO)Cc1nc2ccccc2n(C2C[C@H]3CC[C@@H](C2)N3C2CCCCCCC2)c1=O. The van der Waals surface area contributed by atoms with Crippen LogP contribution in [0, 0.1) is 5.92 Å². The normalized spacial score (nSPS) is 24.6. The number of carbonyl (C=O) groups is 1. The lowest BCUT2D eigenvalue weighted by Gasteiger charge is -2.45. The van der Waals surface area contributed by atoms with Crippen LogP contribution < -0.4 is 5.56 Å². The Morgan fingerprint density at radius 1 is 0.854 bits per heavy atom. The minimum Gasteiger partial charge on any atom is -0.461 e. The fourth-order valence-electron chi connectivity index (χ4n) is 7.73. The maximum atomic E-state index is 14.1. The molecule has 2 bridgehead atoms. The van der Waals surface area contributed by atoms with E-state index in [9.17, 15) is 14.7 Å². The molecule has 3 aromatic rings. The van der Waals surface area contributed by atoms with Gasteiger partial charge >= 0.3 is 5.97 Å². The lowest BCUT2D eigenvalue weighted by atomic mass is 9.89. The first-order valence-corrected chi connectivity index (χ1v) is 15.7. The molecule has 6 rings (SSSR count). The Kier molecular flexibility index (Phi) is 8.82. The van der Waals surface area contributed by atoms with Crippen LogP contribution >= 0.6 is 0 Å². The maximum absolute atomic E-state index is 14.1. The molecule has 0 radical (unpaired) electrons. The Labute approximate surface area is 242 Å².